The predicted molar refractivity (Wildman–Crippen MR) is 114 cm³/mol. The van der Waals surface area contributed by atoms with Crippen LogP contribution in [0.25, 0.3) is 0 Å². The minimum atomic E-state index is -0.468. The summed E-state index contributed by atoms with van der Waals surface area (Å²) in [4.78, 5) is 20.2. The van der Waals surface area contributed by atoms with E-state index in [1.807, 2.05) is 11.0 Å². The molecular formula is C22H31BrN2O3. The Morgan fingerprint density at radius 1 is 1.25 bits per heavy atom. The van der Waals surface area contributed by atoms with Crippen LogP contribution in [-0.2, 0) is 27.4 Å². The molecule has 6 heteroatoms. The summed E-state index contributed by atoms with van der Waals surface area (Å²) in [7, 11) is 1.67. The Kier molecular flexibility index (Phi) is 7.66. The van der Waals surface area contributed by atoms with Crippen molar-refractivity contribution in [2.45, 2.75) is 70.6 Å². The fourth-order valence-electron chi connectivity index (χ4n) is 4.04. The number of aliphatic imine (C=N–C) groups is 1. The molecule has 0 N–H and O–H groups in total. The van der Waals surface area contributed by atoms with Crippen LogP contribution in [0.2, 0.25) is 0 Å². The highest BCUT2D eigenvalue weighted by atomic mass is 79.9. The zero-order chi connectivity index (χ0) is 20.0. The van der Waals surface area contributed by atoms with Crippen LogP contribution in [-0.4, -0.2) is 42.5 Å². The summed E-state index contributed by atoms with van der Waals surface area (Å²) >= 11 is 3.60. The van der Waals surface area contributed by atoms with E-state index in [0.717, 1.165) is 66.4 Å². The number of nitrogens with zero attached hydrogens (tertiary/aromatic N) is 2. The number of hydrogen-bond acceptors (Lipinski definition) is 4. The smallest absolute Gasteiger partial charge is 0.256 e. The van der Waals surface area contributed by atoms with Crippen molar-refractivity contribution < 1.29 is 14.3 Å². The van der Waals surface area contributed by atoms with E-state index in [2.05, 4.69) is 35.0 Å². The van der Waals surface area contributed by atoms with Gasteiger partial charge in [0, 0.05) is 18.0 Å². The highest BCUT2D eigenvalue weighted by Gasteiger charge is 2.49. The lowest BCUT2D eigenvalue weighted by Gasteiger charge is -2.23. The van der Waals surface area contributed by atoms with E-state index < -0.39 is 5.54 Å². The molecule has 1 aromatic rings. The van der Waals surface area contributed by atoms with Crippen LogP contribution >= 0.6 is 15.9 Å². The Labute approximate surface area is 176 Å². The molecule has 0 aromatic heterocycles. The van der Waals surface area contributed by atoms with Crippen LogP contribution < -0.4 is 0 Å². The van der Waals surface area contributed by atoms with Crippen molar-refractivity contribution in [2.75, 3.05) is 20.3 Å². The quantitative estimate of drug-likeness (QED) is 0.478. The minimum Gasteiger partial charge on any atom is -0.382 e. The van der Waals surface area contributed by atoms with E-state index in [0.29, 0.717) is 26.4 Å². The molecule has 0 radical (unpaired) electrons. The Hall–Kier alpha value is -1.24. The van der Waals surface area contributed by atoms with Crippen LogP contribution in [0.1, 0.15) is 63.0 Å². The Morgan fingerprint density at radius 3 is 2.75 bits per heavy atom. The third-order valence-electron chi connectivity index (χ3n) is 5.62. The van der Waals surface area contributed by atoms with Crippen molar-refractivity contribution in [3.63, 3.8) is 0 Å². The first-order valence-electron chi connectivity index (χ1n) is 10.3. The molecule has 28 heavy (non-hydrogen) atoms. The molecule has 154 valence electrons. The first-order valence-corrected chi connectivity index (χ1v) is 11.1. The van der Waals surface area contributed by atoms with Gasteiger partial charge in [0.05, 0.1) is 26.4 Å². The van der Waals surface area contributed by atoms with Gasteiger partial charge in [-0.3, -0.25) is 14.7 Å². The largest absolute Gasteiger partial charge is 0.382 e. The first kappa shape index (κ1) is 21.5. The second kappa shape index (κ2) is 9.99. The van der Waals surface area contributed by atoms with Gasteiger partial charge in [-0.05, 0) is 36.5 Å². The Morgan fingerprint density at radius 2 is 2.04 bits per heavy atom. The van der Waals surface area contributed by atoms with Gasteiger partial charge < -0.3 is 9.47 Å². The van der Waals surface area contributed by atoms with E-state index in [9.17, 15) is 4.79 Å². The average Bonchev–Trinajstić information content (AvgIpc) is 3.27. The van der Waals surface area contributed by atoms with E-state index in [1.165, 1.54) is 0 Å². The molecule has 1 spiro atoms. The number of unbranched alkanes of at least 4 members (excludes halogenated alkanes) is 1. The van der Waals surface area contributed by atoms with E-state index in [1.54, 1.807) is 7.11 Å². The van der Waals surface area contributed by atoms with Crippen LogP contribution in [0.5, 0.6) is 0 Å². The highest BCUT2D eigenvalue weighted by molar-refractivity contribution is 9.10. The van der Waals surface area contributed by atoms with Crippen LogP contribution in [0.3, 0.4) is 0 Å². The number of carbonyl (C=O) groups is 1. The predicted octanol–water partition coefficient (Wildman–Crippen LogP) is 4.86. The van der Waals surface area contributed by atoms with Gasteiger partial charge in [-0.25, -0.2) is 0 Å². The zero-order valence-electron chi connectivity index (χ0n) is 17.0. The lowest BCUT2D eigenvalue weighted by Crippen LogP contribution is -2.40. The number of amidine groups is 1. The SMILES string of the molecule is CCCCC1=NC2(CCCC2)C(=O)N1Cc1ccc(Br)c(COCCOC)c1. The molecule has 1 amide bonds. The summed E-state index contributed by atoms with van der Waals surface area (Å²) in [5, 5.41) is 0. The maximum absolute atomic E-state index is 13.3. The molecule has 1 fully saturated rings. The topological polar surface area (TPSA) is 51.1 Å². The van der Waals surface area contributed by atoms with Gasteiger partial charge in [0.1, 0.15) is 11.4 Å². The standard InChI is InChI=1S/C22H31BrN2O3/c1-3-4-7-20-24-22(10-5-6-11-22)21(26)25(20)15-17-8-9-19(23)18(14-17)16-28-13-12-27-2/h8-9,14H,3-7,10-13,15-16H2,1-2H3. The average molecular weight is 451 g/mol. The number of carbonyl (C=O) groups excluding carboxylic acids is 1. The normalized spacial score (nSPS) is 18.3. The van der Waals surface area contributed by atoms with E-state index in [-0.39, 0.29) is 5.91 Å². The van der Waals surface area contributed by atoms with Gasteiger partial charge in [0.15, 0.2) is 0 Å². The molecule has 1 aromatic carbocycles. The Balaban J connectivity index is 1.73. The third-order valence-corrected chi connectivity index (χ3v) is 6.40. The van der Waals surface area contributed by atoms with Crippen molar-refractivity contribution >= 4 is 27.7 Å². The number of rotatable bonds is 10. The van der Waals surface area contributed by atoms with Gasteiger partial charge in [-0.15, -0.1) is 0 Å². The molecule has 0 unspecified atom stereocenters. The molecule has 5 nitrogen and oxygen atoms in total. The van der Waals surface area contributed by atoms with Crippen molar-refractivity contribution in [3.05, 3.63) is 33.8 Å². The van der Waals surface area contributed by atoms with Crippen LogP contribution in [0, 0.1) is 0 Å². The molecule has 0 atom stereocenters. The molecule has 0 bridgehead atoms. The zero-order valence-corrected chi connectivity index (χ0v) is 18.6. The lowest BCUT2D eigenvalue weighted by atomic mass is 9.98. The summed E-state index contributed by atoms with van der Waals surface area (Å²) in [5.74, 6) is 1.19. The van der Waals surface area contributed by atoms with Crippen molar-refractivity contribution in [2.24, 2.45) is 4.99 Å². The summed E-state index contributed by atoms with van der Waals surface area (Å²) in [6, 6.07) is 6.24. The molecule has 1 saturated carbocycles. The van der Waals surface area contributed by atoms with E-state index >= 15 is 0 Å². The van der Waals surface area contributed by atoms with Crippen molar-refractivity contribution in [1.29, 1.82) is 0 Å². The molecular weight excluding hydrogens is 420 g/mol. The number of benzene rings is 1. The second-order valence-corrected chi connectivity index (χ2v) is 8.59. The van der Waals surface area contributed by atoms with Gasteiger partial charge in [0.2, 0.25) is 0 Å². The third kappa shape index (κ3) is 4.84. The number of methoxy groups -OCH3 is 1. The molecule has 1 aliphatic heterocycles. The fourth-order valence-corrected chi connectivity index (χ4v) is 4.40. The Bertz CT molecular complexity index is 714. The summed E-state index contributed by atoms with van der Waals surface area (Å²) in [5.41, 5.74) is 1.73. The maximum Gasteiger partial charge on any atom is 0.256 e. The van der Waals surface area contributed by atoms with Crippen molar-refractivity contribution in [1.82, 2.24) is 4.90 Å². The number of halogens is 1. The van der Waals surface area contributed by atoms with Gasteiger partial charge >= 0.3 is 0 Å². The second-order valence-electron chi connectivity index (χ2n) is 7.73. The van der Waals surface area contributed by atoms with Crippen LogP contribution in [0.15, 0.2) is 27.7 Å². The maximum atomic E-state index is 13.3. The summed E-state index contributed by atoms with van der Waals surface area (Å²) in [6.45, 7) is 4.43. The molecule has 1 heterocycles. The van der Waals surface area contributed by atoms with Gasteiger partial charge in [0.25, 0.3) is 5.91 Å². The first-order chi connectivity index (χ1) is 13.6. The van der Waals surface area contributed by atoms with Gasteiger partial charge in [-0.1, -0.05) is 54.2 Å². The molecule has 2 aliphatic rings. The summed E-state index contributed by atoms with van der Waals surface area (Å²) < 4.78 is 11.7. The van der Waals surface area contributed by atoms with Gasteiger partial charge in [-0.2, -0.15) is 0 Å². The number of amides is 1. The van der Waals surface area contributed by atoms with E-state index in [4.69, 9.17) is 14.5 Å². The van der Waals surface area contributed by atoms with Crippen LogP contribution in [0.4, 0.5) is 0 Å². The summed E-state index contributed by atoms with van der Waals surface area (Å²) in [6.07, 6.45) is 7.06. The lowest BCUT2D eigenvalue weighted by molar-refractivity contribution is -0.131. The minimum absolute atomic E-state index is 0.205. The number of ether oxygens (including phenoxy) is 2. The van der Waals surface area contributed by atoms with Crippen molar-refractivity contribution in [3.8, 4) is 0 Å². The fraction of sp³-hybridized carbons (Fsp3) is 0.636. The molecule has 1 aliphatic carbocycles. The molecule has 3 rings (SSSR count). The highest BCUT2D eigenvalue weighted by Crippen LogP contribution is 2.40. The monoisotopic (exact) mass is 450 g/mol. The number of hydrogen-bond donors (Lipinski definition) is 0. The molecule has 0 saturated heterocycles.